The highest BCUT2D eigenvalue weighted by Crippen LogP contribution is 2.27. The molecular formula is C21H30F2IN5. The molecule has 3 atom stereocenters. The molecule has 0 aliphatic carbocycles. The Balaban J connectivity index is 0.00000300. The number of nitrogens with zero attached hydrogens (tertiary/aromatic N) is 4. The molecule has 1 aliphatic rings. The van der Waals surface area contributed by atoms with Crippen molar-refractivity contribution in [1.82, 2.24) is 19.8 Å². The Morgan fingerprint density at radius 1 is 1.34 bits per heavy atom. The zero-order valence-corrected chi connectivity index (χ0v) is 19.5. The predicted octanol–water partition coefficient (Wildman–Crippen LogP) is 4.43. The third-order valence-corrected chi connectivity index (χ3v) is 5.49. The second-order valence-corrected chi connectivity index (χ2v) is 7.56. The van der Waals surface area contributed by atoms with Gasteiger partial charge in [-0.1, -0.05) is 19.9 Å². The lowest BCUT2D eigenvalue weighted by molar-refractivity contribution is 0.189. The van der Waals surface area contributed by atoms with E-state index in [9.17, 15) is 8.78 Å². The largest absolute Gasteiger partial charge is 0.357 e. The third-order valence-electron chi connectivity index (χ3n) is 5.49. The van der Waals surface area contributed by atoms with E-state index < -0.39 is 11.6 Å². The van der Waals surface area contributed by atoms with Crippen LogP contribution in [0.2, 0.25) is 0 Å². The first kappa shape index (κ1) is 23.6. The molecule has 0 amide bonds. The SMILES string of the molecule is CCNC(=NCC(C)c1ccc(F)c(F)c1)N1CCC(C)C(n2ccnc2)C1.I. The summed E-state index contributed by atoms with van der Waals surface area (Å²) in [6.07, 6.45) is 6.78. The summed E-state index contributed by atoms with van der Waals surface area (Å²) in [4.78, 5) is 11.3. The summed E-state index contributed by atoms with van der Waals surface area (Å²) in [6.45, 7) is 9.40. The topological polar surface area (TPSA) is 45.5 Å². The highest BCUT2D eigenvalue weighted by molar-refractivity contribution is 14.0. The van der Waals surface area contributed by atoms with Crippen molar-refractivity contribution in [1.29, 1.82) is 0 Å². The van der Waals surface area contributed by atoms with Gasteiger partial charge in [-0.15, -0.1) is 24.0 Å². The lowest BCUT2D eigenvalue weighted by atomic mass is 9.93. The fourth-order valence-electron chi connectivity index (χ4n) is 3.67. The Hall–Kier alpha value is -1.71. The van der Waals surface area contributed by atoms with Crippen LogP contribution in [0.25, 0.3) is 0 Å². The number of guanidine groups is 1. The monoisotopic (exact) mass is 517 g/mol. The first-order chi connectivity index (χ1) is 13.5. The summed E-state index contributed by atoms with van der Waals surface area (Å²) in [5.41, 5.74) is 0.752. The lowest BCUT2D eigenvalue weighted by Crippen LogP contribution is -2.49. The number of rotatable bonds is 5. The molecular weight excluding hydrogens is 487 g/mol. The Morgan fingerprint density at radius 2 is 2.14 bits per heavy atom. The van der Waals surface area contributed by atoms with Gasteiger partial charge in [0.25, 0.3) is 0 Å². The van der Waals surface area contributed by atoms with Gasteiger partial charge in [-0.25, -0.2) is 13.8 Å². The van der Waals surface area contributed by atoms with Crippen LogP contribution in [0.1, 0.15) is 44.7 Å². The number of halogens is 3. The van der Waals surface area contributed by atoms with E-state index in [1.54, 1.807) is 6.07 Å². The number of hydrogen-bond donors (Lipinski definition) is 1. The third kappa shape index (κ3) is 5.90. The highest BCUT2D eigenvalue weighted by atomic mass is 127. The Bertz CT molecular complexity index is 796. The van der Waals surface area contributed by atoms with Crippen molar-refractivity contribution in [3.05, 3.63) is 54.1 Å². The molecule has 8 heteroatoms. The summed E-state index contributed by atoms with van der Waals surface area (Å²) in [5.74, 6) is -0.200. The minimum absolute atomic E-state index is 0. The van der Waals surface area contributed by atoms with Crippen LogP contribution < -0.4 is 5.32 Å². The smallest absolute Gasteiger partial charge is 0.194 e. The molecule has 1 aliphatic heterocycles. The predicted molar refractivity (Wildman–Crippen MR) is 123 cm³/mol. The second-order valence-electron chi connectivity index (χ2n) is 7.56. The van der Waals surface area contributed by atoms with Gasteiger partial charge in [-0.2, -0.15) is 0 Å². The van der Waals surface area contributed by atoms with Crippen molar-refractivity contribution >= 4 is 29.9 Å². The van der Waals surface area contributed by atoms with Gasteiger partial charge < -0.3 is 14.8 Å². The zero-order valence-electron chi connectivity index (χ0n) is 17.2. The van der Waals surface area contributed by atoms with Gasteiger partial charge in [0.1, 0.15) is 0 Å². The van der Waals surface area contributed by atoms with Gasteiger partial charge in [-0.05, 0) is 37.0 Å². The average molecular weight is 517 g/mol. The molecule has 5 nitrogen and oxygen atoms in total. The molecule has 3 rings (SSSR count). The quantitative estimate of drug-likeness (QED) is 0.363. The molecule has 0 bridgehead atoms. The van der Waals surface area contributed by atoms with Crippen molar-refractivity contribution < 1.29 is 8.78 Å². The van der Waals surface area contributed by atoms with Crippen molar-refractivity contribution in [3.63, 3.8) is 0 Å². The molecule has 3 unspecified atom stereocenters. The second kappa shape index (κ2) is 10.9. The van der Waals surface area contributed by atoms with Crippen LogP contribution in [0, 0.1) is 17.6 Å². The molecule has 1 fully saturated rings. The fourth-order valence-corrected chi connectivity index (χ4v) is 3.67. The number of nitrogens with one attached hydrogen (secondary N) is 1. The van der Waals surface area contributed by atoms with Crippen LogP contribution in [-0.4, -0.2) is 46.6 Å². The summed E-state index contributed by atoms with van der Waals surface area (Å²) < 4.78 is 28.9. The fraction of sp³-hybridized carbons (Fsp3) is 0.524. The molecule has 1 N–H and O–H groups in total. The van der Waals surface area contributed by atoms with Gasteiger partial charge in [0, 0.05) is 44.5 Å². The zero-order chi connectivity index (χ0) is 20.1. The molecule has 29 heavy (non-hydrogen) atoms. The molecule has 0 saturated carbocycles. The molecule has 160 valence electrons. The van der Waals surface area contributed by atoms with E-state index in [1.165, 1.54) is 12.1 Å². The number of hydrogen-bond acceptors (Lipinski definition) is 2. The van der Waals surface area contributed by atoms with Gasteiger partial charge in [0.05, 0.1) is 12.4 Å². The highest BCUT2D eigenvalue weighted by Gasteiger charge is 2.29. The van der Waals surface area contributed by atoms with Gasteiger partial charge in [0.15, 0.2) is 17.6 Å². The normalized spacial score (nSPS) is 20.9. The van der Waals surface area contributed by atoms with Crippen LogP contribution in [0.4, 0.5) is 8.78 Å². The summed E-state index contributed by atoms with van der Waals surface area (Å²) in [5, 5.41) is 3.38. The van der Waals surface area contributed by atoms with Crippen molar-refractivity contribution in [2.45, 2.75) is 39.2 Å². The van der Waals surface area contributed by atoms with E-state index >= 15 is 0 Å². The number of likely N-dealkylation sites (tertiary alicyclic amines) is 1. The number of aromatic nitrogens is 2. The van der Waals surface area contributed by atoms with Crippen molar-refractivity contribution in [3.8, 4) is 0 Å². The Kier molecular flexibility index (Phi) is 8.85. The van der Waals surface area contributed by atoms with Crippen molar-refractivity contribution in [2.75, 3.05) is 26.2 Å². The summed E-state index contributed by atoms with van der Waals surface area (Å²) in [7, 11) is 0. The number of piperidine rings is 1. The van der Waals surface area contributed by atoms with E-state index in [2.05, 4.69) is 26.7 Å². The van der Waals surface area contributed by atoms with Crippen LogP contribution >= 0.6 is 24.0 Å². The first-order valence-corrected chi connectivity index (χ1v) is 9.95. The molecule has 2 heterocycles. The van der Waals surface area contributed by atoms with Crippen molar-refractivity contribution in [2.24, 2.45) is 10.9 Å². The Morgan fingerprint density at radius 3 is 2.79 bits per heavy atom. The van der Waals surface area contributed by atoms with E-state index in [4.69, 9.17) is 4.99 Å². The van der Waals surface area contributed by atoms with Crippen LogP contribution in [0.15, 0.2) is 41.9 Å². The average Bonchev–Trinajstić information content (AvgIpc) is 3.22. The molecule has 1 aromatic carbocycles. The van der Waals surface area contributed by atoms with E-state index in [0.29, 0.717) is 18.5 Å². The molecule has 0 radical (unpaired) electrons. The minimum atomic E-state index is -0.819. The van der Waals surface area contributed by atoms with E-state index in [1.807, 2.05) is 32.6 Å². The first-order valence-electron chi connectivity index (χ1n) is 9.95. The minimum Gasteiger partial charge on any atom is -0.357 e. The number of benzene rings is 1. The van der Waals surface area contributed by atoms with Gasteiger partial charge >= 0.3 is 0 Å². The van der Waals surface area contributed by atoms with E-state index in [0.717, 1.165) is 37.6 Å². The summed E-state index contributed by atoms with van der Waals surface area (Å²) >= 11 is 0. The van der Waals surface area contributed by atoms with Crippen LogP contribution in [-0.2, 0) is 0 Å². The maximum absolute atomic E-state index is 13.5. The standard InChI is InChI=1S/C21H29F2N5.HI/c1-4-25-21(26-12-16(3)17-5-6-18(22)19(23)11-17)27-9-7-15(2)20(13-27)28-10-8-24-14-28;/h5-6,8,10-11,14-16,20H,4,7,9,12-13H2,1-3H3,(H,25,26);1H. The molecule has 2 aromatic rings. The molecule has 0 spiro atoms. The summed E-state index contributed by atoms with van der Waals surface area (Å²) in [6, 6.07) is 4.42. The van der Waals surface area contributed by atoms with E-state index in [-0.39, 0.29) is 29.9 Å². The van der Waals surface area contributed by atoms with Gasteiger partial charge in [-0.3, -0.25) is 4.99 Å². The number of imidazole rings is 1. The lowest BCUT2D eigenvalue weighted by Gasteiger charge is -2.39. The number of aliphatic imine (C=N–C) groups is 1. The van der Waals surface area contributed by atoms with Gasteiger partial charge in [0.2, 0.25) is 0 Å². The van der Waals surface area contributed by atoms with Crippen LogP contribution in [0.5, 0.6) is 0 Å². The Labute approximate surface area is 188 Å². The maximum Gasteiger partial charge on any atom is 0.194 e. The molecule has 1 saturated heterocycles. The maximum atomic E-state index is 13.5. The van der Waals surface area contributed by atoms with Crippen LogP contribution in [0.3, 0.4) is 0 Å². The molecule has 1 aromatic heterocycles.